The molecule has 1 aromatic rings. The van der Waals surface area contributed by atoms with Gasteiger partial charge in [0.25, 0.3) is 0 Å². The van der Waals surface area contributed by atoms with E-state index in [0.29, 0.717) is 6.42 Å². The Balaban J connectivity index is 3.10. The van der Waals surface area contributed by atoms with E-state index >= 15 is 0 Å². The summed E-state index contributed by atoms with van der Waals surface area (Å²) < 4.78 is 0. The highest BCUT2D eigenvalue weighted by Gasteiger charge is 2.19. The van der Waals surface area contributed by atoms with Crippen LogP contribution in [0.15, 0.2) is 18.2 Å². The van der Waals surface area contributed by atoms with Crippen molar-refractivity contribution < 1.29 is 15.0 Å². The van der Waals surface area contributed by atoms with E-state index in [0.717, 1.165) is 11.1 Å². The largest absolute Gasteiger partial charge is 0.508 e. The quantitative estimate of drug-likeness (QED) is 0.776. The summed E-state index contributed by atoms with van der Waals surface area (Å²) in [4.78, 5) is 10.9. The predicted molar refractivity (Wildman–Crippen MR) is 53.5 cm³/mol. The van der Waals surface area contributed by atoms with Gasteiger partial charge in [-0.3, -0.25) is 4.79 Å². The Morgan fingerprint density at radius 1 is 1.50 bits per heavy atom. The average Bonchev–Trinajstić information content (AvgIpc) is 2.09. The number of hydrogen-bond donors (Lipinski definition) is 2. The fourth-order valence-corrected chi connectivity index (χ4v) is 1.58. The predicted octanol–water partition coefficient (Wildman–Crippen LogP) is 2.28. The summed E-state index contributed by atoms with van der Waals surface area (Å²) in [6, 6.07) is 4.78. The molecule has 0 saturated carbocycles. The summed E-state index contributed by atoms with van der Waals surface area (Å²) in [7, 11) is 0. The van der Waals surface area contributed by atoms with Crippen LogP contribution in [0.4, 0.5) is 0 Å². The number of carboxylic acids is 1. The van der Waals surface area contributed by atoms with Crippen LogP contribution in [0.25, 0.3) is 0 Å². The van der Waals surface area contributed by atoms with Crippen molar-refractivity contribution >= 4 is 5.97 Å². The van der Waals surface area contributed by atoms with Crippen LogP contribution < -0.4 is 0 Å². The van der Waals surface area contributed by atoms with Crippen LogP contribution in [0.3, 0.4) is 0 Å². The topological polar surface area (TPSA) is 57.5 Å². The zero-order chi connectivity index (χ0) is 10.7. The summed E-state index contributed by atoms with van der Waals surface area (Å²) in [6.45, 7) is 3.64. The number of phenols is 1. The molecule has 1 unspecified atom stereocenters. The normalized spacial score (nSPS) is 12.4. The van der Waals surface area contributed by atoms with E-state index < -0.39 is 11.9 Å². The first-order chi connectivity index (χ1) is 6.56. The highest BCUT2D eigenvalue weighted by Crippen LogP contribution is 2.25. The Morgan fingerprint density at radius 3 is 2.57 bits per heavy atom. The summed E-state index contributed by atoms with van der Waals surface area (Å²) in [5, 5.41) is 18.1. The molecule has 0 aliphatic carbocycles. The molecular weight excluding hydrogens is 180 g/mol. The molecule has 3 nitrogen and oxygen atoms in total. The molecule has 0 saturated heterocycles. The average molecular weight is 194 g/mol. The Bertz CT molecular complexity index is 344. The second-order valence-electron chi connectivity index (χ2n) is 3.34. The number of aryl methyl sites for hydroxylation is 1. The van der Waals surface area contributed by atoms with Crippen molar-refractivity contribution in [1.29, 1.82) is 0 Å². The van der Waals surface area contributed by atoms with Gasteiger partial charge in [-0.1, -0.05) is 13.0 Å². The van der Waals surface area contributed by atoms with Gasteiger partial charge in [-0.15, -0.1) is 0 Å². The number of aromatic hydroxyl groups is 1. The summed E-state index contributed by atoms with van der Waals surface area (Å²) >= 11 is 0. The Kier molecular flexibility index (Phi) is 3.12. The van der Waals surface area contributed by atoms with E-state index in [1.165, 1.54) is 6.07 Å². The third-order valence-corrected chi connectivity index (χ3v) is 2.34. The molecular formula is C11H14O3. The van der Waals surface area contributed by atoms with Gasteiger partial charge in [0.05, 0.1) is 5.92 Å². The first-order valence-electron chi connectivity index (χ1n) is 4.58. The van der Waals surface area contributed by atoms with Gasteiger partial charge in [0.2, 0.25) is 0 Å². The van der Waals surface area contributed by atoms with E-state index in [2.05, 4.69) is 0 Å². The van der Waals surface area contributed by atoms with Gasteiger partial charge in [-0.25, -0.2) is 0 Å². The third-order valence-electron chi connectivity index (χ3n) is 2.34. The van der Waals surface area contributed by atoms with Gasteiger partial charge in [-0.05, 0) is 36.6 Å². The lowest BCUT2D eigenvalue weighted by Gasteiger charge is -2.13. The zero-order valence-electron chi connectivity index (χ0n) is 8.32. The van der Waals surface area contributed by atoms with E-state index in [4.69, 9.17) is 5.11 Å². The van der Waals surface area contributed by atoms with Gasteiger partial charge in [0.15, 0.2) is 0 Å². The minimum absolute atomic E-state index is 0.173. The monoisotopic (exact) mass is 194 g/mol. The standard InChI is InChI=1S/C11H14O3/c1-3-9(11(13)14)10-5-4-8(12)6-7(10)2/h4-6,9,12H,3H2,1-2H3,(H,13,14). The van der Waals surface area contributed by atoms with Gasteiger partial charge in [0.1, 0.15) is 5.75 Å². The first-order valence-corrected chi connectivity index (χ1v) is 4.58. The fourth-order valence-electron chi connectivity index (χ4n) is 1.58. The molecule has 0 spiro atoms. The minimum atomic E-state index is -0.818. The Labute approximate surface area is 83.0 Å². The third kappa shape index (κ3) is 2.05. The van der Waals surface area contributed by atoms with Crippen LogP contribution in [0, 0.1) is 6.92 Å². The second-order valence-corrected chi connectivity index (χ2v) is 3.34. The van der Waals surface area contributed by atoms with E-state index in [1.807, 2.05) is 6.92 Å². The van der Waals surface area contributed by atoms with Crippen LogP contribution in [0.5, 0.6) is 5.75 Å². The molecule has 0 aromatic heterocycles. The Morgan fingerprint density at radius 2 is 2.14 bits per heavy atom. The number of benzene rings is 1. The molecule has 76 valence electrons. The zero-order valence-corrected chi connectivity index (χ0v) is 8.32. The van der Waals surface area contributed by atoms with Crippen molar-refractivity contribution in [2.75, 3.05) is 0 Å². The smallest absolute Gasteiger partial charge is 0.310 e. The Hall–Kier alpha value is -1.51. The van der Waals surface area contributed by atoms with Crippen LogP contribution in [-0.4, -0.2) is 16.2 Å². The SMILES string of the molecule is CCC(C(=O)O)c1ccc(O)cc1C. The minimum Gasteiger partial charge on any atom is -0.508 e. The number of carbonyl (C=O) groups is 1. The number of carboxylic acid groups (broad SMARTS) is 1. The van der Waals surface area contributed by atoms with Crippen molar-refractivity contribution in [3.63, 3.8) is 0 Å². The molecule has 0 radical (unpaired) electrons. The van der Waals surface area contributed by atoms with Crippen molar-refractivity contribution in [3.8, 4) is 5.75 Å². The lowest BCUT2D eigenvalue weighted by atomic mass is 9.93. The number of rotatable bonds is 3. The van der Waals surface area contributed by atoms with Crippen LogP contribution in [0.1, 0.15) is 30.4 Å². The highest BCUT2D eigenvalue weighted by atomic mass is 16.4. The lowest BCUT2D eigenvalue weighted by molar-refractivity contribution is -0.138. The molecule has 1 atom stereocenters. The molecule has 0 bridgehead atoms. The second kappa shape index (κ2) is 4.13. The summed E-state index contributed by atoms with van der Waals surface area (Å²) in [5.74, 6) is -1.12. The summed E-state index contributed by atoms with van der Waals surface area (Å²) in [6.07, 6.45) is 0.556. The van der Waals surface area contributed by atoms with Gasteiger partial charge in [-0.2, -0.15) is 0 Å². The molecule has 0 amide bonds. The molecule has 0 heterocycles. The molecule has 14 heavy (non-hydrogen) atoms. The van der Waals surface area contributed by atoms with E-state index in [1.54, 1.807) is 19.1 Å². The number of hydrogen-bond acceptors (Lipinski definition) is 2. The lowest BCUT2D eigenvalue weighted by Crippen LogP contribution is -2.11. The molecule has 0 aliphatic heterocycles. The van der Waals surface area contributed by atoms with Crippen LogP contribution in [0.2, 0.25) is 0 Å². The molecule has 1 aromatic carbocycles. The first kappa shape index (κ1) is 10.6. The highest BCUT2D eigenvalue weighted by molar-refractivity contribution is 5.76. The van der Waals surface area contributed by atoms with E-state index in [-0.39, 0.29) is 5.75 Å². The maximum Gasteiger partial charge on any atom is 0.310 e. The van der Waals surface area contributed by atoms with Crippen LogP contribution >= 0.6 is 0 Å². The summed E-state index contributed by atoms with van der Waals surface area (Å²) in [5.41, 5.74) is 1.59. The molecule has 2 N–H and O–H groups in total. The van der Waals surface area contributed by atoms with Crippen molar-refractivity contribution in [2.24, 2.45) is 0 Å². The van der Waals surface area contributed by atoms with Crippen molar-refractivity contribution in [2.45, 2.75) is 26.2 Å². The molecule has 3 heteroatoms. The van der Waals surface area contributed by atoms with Gasteiger partial charge >= 0.3 is 5.97 Å². The van der Waals surface area contributed by atoms with Crippen molar-refractivity contribution in [3.05, 3.63) is 29.3 Å². The molecule has 1 rings (SSSR count). The van der Waals surface area contributed by atoms with E-state index in [9.17, 15) is 9.90 Å². The number of aliphatic carboxylic acids is 1. The van der Waals surface area contributed by atoms with Gasteiger partial charge < -0.3 is 10.2 Å². The maximum atomic E-state index is 10.9. The fraction of sp³-hybridized carbons (Fsp3) is 0.364. The van der Waals surface area contributed by atoms with Gasteiger partial charge in [0, 0.05) is 0 Å². The number of phenolic OH excluding ortho intramolecular Hbond substituents is 1. The molecule has 0 aliphatic rings. The van der Waals surface area contributed by atoms with Crippen molar-refractivity contribution in [1.82, 2.24) is 0 Å². The maximum absolute atomic E-state index is 10.9. The molecule has 0 fully saturated rings. The van der Waals surface area contributed by atoms with Crippen LogP contribution in [-0.2, 0) is 4.79 Å².